The van der Waals surface area contributed by atoms with Crippen molar-refractivity contribution in [2.75, 3.05) is 13.1 Å². The zero-order chi connectivity index (χ0) is 17.6. The Morgan fingerprint density at radius 3 is 2.76 bits per heavy atom. The maximum atomic E-state index is 12.9. The van der Waals surface area contributed by atoms with Crippen molar-refractivity contribution in [3.63, 3.8) is 0 Å². The summed E-state index contributed by atoms with van der Waals surface area (Å²) < 4.78 is 34.3. The minimum absolute atomic E-state index is 0.127. The van der Waals surface area contributed by atoms with E-state index in [1.165, 1.54) is 0 Å². The molecule has 9 heteroatoms. The maximum absolute atomic E-state index is 12.9. The Hall–Kier alpha value is -1.74. The second-order valence-electron chi connectivity index (χ2n) is 7.13. The molecule has 0 bridgehead atoms. The van der Waals surface area contributed by atoms with Crippen LogP contribution < -0.4 is 0 Å². The number of nitrogens with zero attached hydrogens (tertiary/aromatic N) is 5. The van der Waals surface area contributed by atoms with Crippen LogP contribution in [0.25, 0.3) is 0 Å². The third kappa shape index (κ3) is 3.35. The fourth-order valence-corrected chi connectivity index (χ4v) is 4.88. The van der Waals surface area contributed by atoms with Crippen molar-refractivity contribution in [3.05, 3.63) is 23.7 Å². The van der Waals surface area contributed by atoms with Crippen molar-refractivity contribution in [2.45, 2.75) is 50.0 Å². The van der Waals surface area contributed by atoms with Crippen molar-refractivity contribution in [1.82, 2.24) is 24.0 Å². The number of imidazole rings is 1. The first-order valence-corrected chi connectivity index (χ1v) is 10.2. The maximum Gasteiger partial charge on any atom is 0.262 e. The number of aryl methyl sites for hydroxylation is 2. The lowest BCUT2D eigenvalue weighted by atomic mass is 9.96. The lowest BCUT2D eigenvalue weighted by molar-refractivity contribution is 0.246. The number of hydrogen-bond donors (Lipinski definition) is 0. The Kier molecular flexibility index (Phi) is 4.15. The molecule has 136 valence electrons. The summed E-state index contributed by atoms with van der Waals surface area (Å²) in [5.41, 5.74) is 0. The predicted octanol–water partition coefficient (Wildman–Crippen LogP) is 1.63. The molecule has 3 heterocycles. The highest BCUT2D eigenvalue weighted by Gasteiger charge is 2.33. The fourth-order valence-electron chi connectivity index (χ4n) is 3.30. The SMILES string of the molecule is Cc1nc(S(=O)(=O)N2CCC[C@H](Cc3nc(C4CC4)no3)C2)cn1C. The molecule has 1 aliphatic carbocycles. The number of aromatic nitrogens is 4. The smallest absolute Gasteiger partial charge is 0.262 e. The second-order valence-corrected chi connectivity index (χ2v) is 9.02. The number of hydrogen-bond acceptors (Lipinski definition) is 6. The van der Waals surface area contributed by atoms with Crippen molar-refractivity contribution < 1.29 is 12.9 Å². The molecule has 1 saturated heterocycles. The molecule has 25 heavy (non-hydrogen) atoms. The van der Waals surface area contributed by atoms with Crippen LogP contribution in [0.2, 0.25) is 0 Å². The average Bonchev–Trinajstić information content (AvgIpc) is 3.24. The van der Waals surface area contributed by atoms with E-state index in [4.69, 9.17) is 4.52 Å². The monoisotopic (exact) mass is 365 g/mol. The first-order chi connectivity index (χ1) is 11.9. The molecule has 2 aromatic heterocycles. The number of sulfonamides is 1. The van der Waals surface area contributed by atoms with Gasteiger partial charge >= 0.3 is 0 Å². The van der Waals surface area contributed by atoms with Gasteiger partial charge in [0.1, 0.15) is 5.82 Å². The Bertz CT molecular complexity index is 849. The summed E-state index contributed by atoms with van der Waals surface area (Å²) in [6, 6.07) is 0. The van der Waals surface area contributed by atoms with Crippen LogP contribution in [-0.2, 0) is 23.5 Å². The molecule has 0 radical (unpaired) electrons. The molecule has 1 atom stereocenters. The quantitative estimate of drug-likeness (QED) is 0.799. The summed E-state index contributed by atoms with van der Waals surface area (Å²) in [7, 11) is -1.75. The summed E-state index contributed by atoms with van der Waals surface area (Å²) in [5, 5.41) is 4.17. The molecule has 0 spiro atoms. The molecule has 2 fully saturated rings. The van der Waals surface area contributed by atoms with Crippen LogP contribution in [-0.4, -0.2) is 45.5 Å². The minimum atomic E-state index is -3.55. The molecule has 0 amide bonds. The summed E-state index contributed by atoms with van der Waals surface area (Å²) in [4.78, 5) is 8.65. The molecule has 1 aliphatic heterocycles. The van der Waals surface area contributed by atoms with Crippen molar-refractivity contribution >= 4 is 10.0 Å². The van der Waals surface area contributed by atoms with Crippen LogP contribution in [0.3, 0.4) is 0 Å². The van der Waals surface area contributed by atoms with E-state index >= 15 is 0 Å². The van der Waals surface area contributed by atoms with Gasteiger partial charge in [-0.25, -0.2) is 13.4 Å². The van der Waals surface area contributed by atoms with E-state index in [0.29, 0.717) is 37.1 Å². The lowest BCUT2D eigenvalue weighted by Gasteiger charge is -2.30. The number of rotatable bonds is 5. The Labute approximate surface area is 147 Å². The molecule has 8 nitrogen and oxygen atoms in total. The van der Waals surface area contributed by atoms with E-state index in [-0.39, 0.29) is 10.9 Å². The van der Waals surface area contributed by atoms with E-state index in [9.17, 15) is 8.42 Å². The predicted molar refractivity (Wildman–Crippen MR) is 89.4 cm³/mol. The van der Waals surface area contributed by atoms with Gasteiger partial charge < -0.3 is 9.09 Å². The van der Waals surface area contributed by atoms with Gasteiger partial charge in [-0.15, -0.1) is 0 Å². The molecule has 0 N–H and O–H groups in total. The zero-order valence-electron chi connectivity index (χ0n) is 14.6. The first-order valence-electron chi connectivity index (χ1n) is 8.76. The number of piperidine rings is 1. The molecule has 0 unspecified atom stereocenters. The highest BCUT2D eigenvalue weighted by molar-refractivity contribution is 7.89. The van der Waals surface area contributed by atoms with Gasteiger partial charge in [-0.1, -0.05) is 5.16 Å². The van der Waals surface area contributed by atoms with Gasteiger partial charge in [0, 0.05) is 38.7 Å². The third-order valence-corrected chi connectivity index (χ3v) is 6.80. The van der Waals surface area contributed by atoms with E-state index in [1.54, 1.807) is 29.0 Å². The van der Waals surface area contributed by atoms with E-state index < -0.39 is 10.0 Å². The van der Waals surface area contributed by atoms with Crippen LogP contribution in [0, 0.1) is 12.8 Å². The van der Waals surface area contributed by atoms with Crippen LogP contribution >= 0.6 is 0 Å². The Morgan fingerprint density at radius 2 is 2.08 bits per heavy atom. The summed E-state index contributed by atoms with van der Waals surface area (Å²) >= 11 is 0. The van der Waals surface area contributed by atoms with Gasteiger partial charge in [0.05, 0.1) is 0 Å². The topological polar surface area (TPSA) is 94.1 Å². The lowest BCUT2D eigenvalue weighted by Crippen LogP contribution is -2.40. The van der Waals surface area contributed by atoms with Crippen molar-refractivity contribution in [1.29, 1.82) is 0 Å². The third-order valence-electron chi connectivity index (χ3n) is 5.06. The van der Waals surface area contributed by atoms with E-state index in [1.807, 2.05) is 0 Å². The Morgan fingerprint density at radius 1 is 1.28 bits per heavy atom. The molecular formula is C16H23N5O3S. The highest BCUT2D eigenvalue weighted by atomic mass is 32.2. The summed E-state index contributed by atoms with van der Waals surface area (Å²) in [5.74, 6) is 2.78. The van der Waals surface area contributed by atoms with Gasteiger partial charge in [-0.2, -0.15) is 9.29 Å². The molecule has 1 saturated carbocycles. The van der Waals surface area contributed by atoms with Crippen molar-refractivity contribution in [3.8, 4) is 0 Å². The van der Waals surface area contributed by atoms with Gasteiger partial charge in [-0.3, -0.25) is 0 Å². The first kappa shape index (κ1) is 16.7. The molecule has 2 aliphatic rings. The fraction of sp³-hybridized carbons (Fsp3) is 0.688. The Balaban J connectivity index is 1.46. The zero-order valence-corrected chi connectivity index (χ0v) is 15.4. The van der Waals surface area contributed by atoms with Gasteiger partial charge in [0.25, 0.3) is 10.0 Å². The van der Waals surface area contributed by atoms with Crippen LogP contribution in [0.15, 0.2) is 15.7 Å². The van der Waals surface area contributed by atoms with Gasteiger partial charge in [-0.05, 0) is 38.5 Å². The minimum Gasteiger partial charge on any atom is -0.339 e. The highest BCUT2D eigenvalue weighted by Crippen LogP contribution is 2.38. The summed E-state index contributed by atoms with van der Waals surface area (Å²) in [6.45, 7) is 2.80. The van der Waals surface area contributed by atoms with Gasteiger partial charge in [0.15, 0.2) is 10.9 Å². The van der Waals surface area contributed by atoms with E-state index in [0.717, 1.165) is 31.5 Å². The largest absolute Gasteiger partial charge is 0.339 e. The summed E-state index contributed by atoms with van der Waals surface area (Å²) in [6.07, 6.45) is 6.28. The van der Waals surface area contributed by atoms with Gasteiger partial charge in [0.2, 0.25) is 5.89 Å². The van der Waals surface area contributed by atoms with Crippen molar-refractivity contribution in [2.24, 2.45) is 13.0 Å². The molecule has 2 aromatic rings. The average molecular weight is 365 g/mol. The molecule has 4 rings (SSSR count). The second kappa shape index (κ2) is 6.21. The standard InChI is InChI=1S/C16H23N5O3S/c1-11-17-15(10-20(11)2)25(22,23)21-7-3-4-12(9-21)8-14-18-16(19-24-14)13-5-6-13/h10,12-13H,3-9H2,1-2H3/t12-/m1/s1. The van der Waals surface area contributed by atoms with Crippen LogP contribution in [0.1, 0.15) is 49.1 Å². The normalized spacial score (nSPS) is 22.4. The molecular weight excluding hydrogens is 342 g/mol. The van der Waals surface area contributed by atoms with E-state index in [2.05, 4.69) is 15.1 Å². The molecule has 0 aromatic carbocycles. The van der Waals surface area contributed by atoms with Crippen LogP contribution in [0.4, 0.5) is 0 Å². The van der Waals surface area contributed by atoms with Crippen LogP contribution in [0.5, 0.6) is 0 Å².